The number of hydrogen-bond donors (Lipinski definition) is 1. The first-order valence-corrected chi connectivity index (χ1v) is 12.3. The molecule has 5 rings (SSSR count). The van der Waals surface area contributed by atoms with Crippen molar-refractivity contribution in [3.05, 3.63) is 101 Å². The van der Waals surface area contributed by atoms with E-state index in [0.29, 0.717) is 5.76 Å². The number of carbonyl (C=O) groups is 1. The number of pyridine rings is 1. The van der Waals surface area contributed by atoms with Crippen molar-refractivity contribution in [2.45, 2.75) is 19.9 Å². The van der Waals surface area contributed by atoms with E-state index in [1.165, 1.54) is 22.4 Å². The molecule has 1 fully saturated rings. The summed E-state index contributed by atoms with van der Waals surface area (Å²) in [5, 5.41) is 4.00. The van der Waals surface area contributed by atoms with Crippen LogP contribution in [0, 0.1) is 13.8 Å². The highest BCUT2D eigenvalue weighted by Crippen LogP contribution is 2.42. The van der Waals surface area contributed by atoms with Gasteiger partial charge >= 0.3 is 0 Å². The van der Waals surface area contributed by atoms with E-state index in [1.54, 1.807) is 29.7 Å². The second-order valence-corrected chi connectivity index (χ2v) is 9.73. The first-order chi connectivity index (χ1) is 16.6. The van der Waals surface area contributed by atoms with E-state index in [2.05, 4.69) is 70.3 Å². The molecule has 0 saturated carbocycles. The normalized spacial score (nSPS) is 15.3. The number of anilines is 2. The summed E-state index contributed by atoms with van der Waals surface area (Å²) in [5.41, 5.74) is 4.74. The minimum atomic E-state index is -0.230. The van der Waals surface area contributed by atoms with E-state index in [0.717, 1.165) is 42.3 Å². The molecule has 0 spiro atoms. The first-order valence-electron chi connectivity index (χ1n) is 11.5. The monoisotopic (exact) mass is 472 g/mol. The SMILES string of the molecule is Cc1sc(NC(=O)c2ccco2)c(C(c2cccnc2)N2CCN(c3ccccc3)CC2)c1C. The second kappa shape index (κ2) is 9.83. The molecular weight excluding hydrogens is 444 g/mol. The molecule has 3 aromatic heterocycles. The van der Waals surface area contributed by atoms with Gasteiger partial charge in [0.2, 0.25) is 0 Å². The summed E-state index contributed by atoms with van der Waals surface area (Å²) in [7, 11) is 0. The van der Waals surface area contributed by atoms with Crippen LogP contribution < -0.4 is 10.2 Å². The largest absolute Gasteiger partial charge is 0.459 e. The molecule has 1 amide bonds. The molecule has 34 heavy (non-hydrogen) atoms. The van der Waals surface area contributed by atoms with Crippen LogP contribution in [0.25, 0.3) is 0 Å². The Balaban J connectivity index is 1.47. The molecule has 0 bridgehead atoms. The summed E-state index contributed by atoms with van der Waals surface area (Å²) in [5.74, 6) is 0.0791. The molecule has 1 aliphatic rings. The van der Waals surface area contributed by atoms with Crippen molar-refractivity contribution >= 4 is 27.9 Å². The van der Waals surface area contributed by atoms with Crippen molar-refractivity contribution < 1.29 is 9.21 Å². The molecular formula is C27H28N4O2S. The van der Waals surface area contributed by atoms with Gasteiger partial charge in [0, 0.05) is 54.7 Å². The van der Waals surface area contributed by atoms with Crippen molar-refractivity contribution in [2.24, 2.45) is 0 Å². The number of piperazine rings is 1. The number of nitrogens with zero attached hydrogens (tertiary/aromatic N) is 3. The number of carbonyl (C=O) groups excluding carboxylic acids is 1. The summed E-state index contributed by atoms with van der Waals surface area (Å²) in [6.45, 7) is 7.96. The minimum Gasteiger partial charge on any atom is -0.459 e. The smallest absolute Gasteiger partial charge is 0.291 e. The Morgan fingerprint density at radius 3 is 2.50 bits per heavy atom. The molecule has 4 aromatic rings. The molecule has 1 aliphatic heterocycles. The number of aromatic nitrogens is 1. The van der Waals surface area contributed by atoms with E-state index >= 15 is 0 Å². The molecule has 1 atom stereocenters. The van der Waals surface area contributed by atoms with Crippen molar-refractivity contribution in [2.75, 3.05) is 36.4 Å². The highest BCUT2D eigenvalue weighted by Gasteiger charge is 2.32. The maximum absolute atomic E-state index is 12.9. The van der Waals surface area contributed by atoms with Gasteiger partial charge in [0.1, 0.15) is 5.00 Å². The molecule has 6 nitrogen and oxygen atoms in total. The van der Waals surface area contributed by atoms with E-state index < -0.39 is 0 Å². The fourth-order valence-corrected chi connectivity index (χ4v) is 5.70. The number of hydrogen-bond acceptors (Lipinski definition) is 6. The zero-order valence-corrected chi connectivity index (χ0v) is 20.2. The zero-order valence-electron chi connectivity index (χ0n) is 19.4. The number of thiophene rings is 1. The molecule has 1 aromatic carbocycles. The summed E-state index contributed by atoms with van der Waals surface area (Å²) in [6, 6.07) is 18.1. The molecule has 0 radical (unpaired) electrons. The zero-order chi connectivity index (χ0) is 23.5. The molecule has 1 N–H and O–H groups in total. The number of rotatable bonds is 6. The van der Waals surface area contributed by atoms with Crippen LogP contribution in [0.1, 0.15) is 38.2 Å². The standard InChI is InChI=1S/C27H28N4O2S/c1-19-20(2)34-27(29-26(32)23-11-7-17-33-23)24(19)25(21-8-6-12-28-18-21)31-15-13-30(14-16-31)22-9-4-3-5-10-22/h3-12,17-18,25H,13-16H2,1-2H3,(H,29,32). The Hall–Kier alpha value is -3.42. The van der Waals surface area contributed by atoms with Crippen LogP contribution >= 0.6 is 11.3 Å². The van der Waals surface area contributed by atoms with Crippen LogP contribution in [0.2, 0.25) is 0 Å². The van der Waals surface area contributed by atoms with E-state index in [1.807, 2.05) is 12.3 Å². The Labute approximate surface area is 203 Å². The number of furan rings is 1. The average molecular weight is 473 g/mol. The number of amides is 1. The van der Waals surface area contributed by atoms with Crippen LogP contribution in [0.4, 0.5) is 10.7 Å². The summed E-state index contributed by atoms with van der Waals surface area (Å²) in [4.78, 5) is 23.4. The predicted octanol–water partition coefficient (Wildman–Crippen LogP) is 5.52. The average Bonchev–Trinajstić information content (AvgIpc) is 3.51. The van der Waals surface area contributed by atoms with Gasteiger partial charge in [-0.1, -0.05) is 24.3 Å². The highest BCUT2D eigenvalue weighted by molar-refractivity contribution is 7.16. The minimum absolute atomic E-state index is 0.00322. The predicted molar refractivity (Wildman–Crippen MR) is 137 cm³/mol. The van der Waals surface area contributed by atoms with Gasteiger partial charge < -0.3 is 14.6 Å². The molecule has 1 saturated heterocycles. The van der Waals surface area contributed by atoms with E-state index in [9.17, 15) is 4.79 Å². The number of aryl methyl sites for hydroxylation is 1. The maximum atomic E-state index is 12.9. The summed E-state index contributed by atoms with van der Waals surface area (Å²) in [6.07, 6.45) is 5.27. The topological polar surface area (TPSA) is 61.6 Å². The third-order valence-electron chi connectivity index (χ3n) is 6.48. The number of para-hydroxylation sites is 1. The lowest BCUT2D eigenvalue weighted by Crippen LogP contribution is -2.48. The molecule has 4 heterocycles. The van der Waals surface area contributed by atoms with Crippen LogP contribution in [-0.2, 0) is 0 Å². The highest BCUT2D eigenvalue weighted by atomic mass is 32.1. The van der Waals surface area contributed by atoms with Gasteiger partial charge in [-0.3, -0.25) is 14.7 Å². The van der Waals surface area contributed by atoms with Crippen LogP contribution in [0.5, 0.6) is 0 Å². The van der Waals surface area contributed by atoms with Crippen LogP contribution in [0.3, 0.4) is 0 Å². The lowest BCUT2D eigenvalue weighted by Gasteiger charge is -2.40. The fraction of sp³-hybridized carbons (Fsp3) is 0.259. The number of benzene rings is 1. The lowest BCUT2D eigenvalue weighted by atomic mass is 9.95. The summed E-state index contributed by atoms with van der Waals surface area (Å²) < 4.78 is 5.33. The maximum Gasteiger partial charge on any atom is 0.291 e. The van der Waals surface area contributed by atoms with Crippen molar-refractivity contribution in [3.63, 3.8) is 0 Å². The van der Waals surface area contributed by atoms with Crippen LogP contribution in [-0.4, -0.2) is 42.0 Å². The van der Waals surface area contributed by atoms with Crippen LogP contribution in [0.15, 0.2) is 77.7 Å². The molecule has 174 valence electrons. The Morgan fingerprint density at radius 1 is 1.03 bits per heavy atom. The van der Waals surface area contributed by atoms with Crippen molar-refractivity contribution in [3.8, 4) is 0 Å². The van der Waals surface area contributed by atoms with E-state index in [-0.39, 0.29) is 11.9 Å². The Kier molecular flexibility index (Phi) is 6.47. The van der Waals surface area contributed by atoms with E-state index in [4.69, 9.17) is 4.42 Å². The van der Waals surface area contributed by atoms with Gasteiger partial charge in [-0.2, -0.15) is 0 Å². The first kappa shape index (κ1) is 22.4. The van der Waals surface area contributed by atoms with Crippen molar-refractivity contribution in [1.29, 1.82) is 0 Å². The third kappa shape index (κ3) is 4.49. The Morgan fingerprint density at radius 2 is 1.82 bits per heavy atom. The lowest BCUT2D eigenvalue weighted by molar-refractivity contribution is 0.0996. The fourth-order valence-electron chi connectivity index (χ4n) is 4.61. The molecule has 1 unspecified atom stereocenters. The molecule has 0 aliphatic carbocycles. The van der Waals surface area contributed by atoms with Gasteiger partial charge in [-0.05, 0) is 55.3 Å². The van der Waals surface area contributed by atoms with Gasteiger partial charge in [0.15, 0.2) is 5.76 Å². The van der Waals surface area contributed by atoms with Gasteiger partial charge in [-0.15, -0.1) is 11.3 Å². The summed E-state index contributed by atoms with van der Waals surface area (Å²) >= 11 is 1.62. The molecule has 7 heteroatoms. The second-order valence-electron chi connectivity index (χ2n) is 8.50. The Bertz CT molecular complexity index is 1230. The number of nitrogens with one attached hydrogen (secondary N) is 1. The van der Waals surface area contributed by atoms with Gasteiger partial charge in [0.25, 0.3) is 5.91 Å². The third-order valence-corrected chi connectivity index (χ3v) is 7.62. The quantitative estimate of drug-likeness (QED) is 0.401. The van der Waals surface area contributed by atoms with Crippen molar-refractivity contribution in [1.82, 2.24) is 9.88 Å². The van der Waals surface area contributed by atoms with Gasteiger partial charge in [0.05, 0.1) is 12.3 Å². The van der Waals surface area contributed by atoms with Gasteiger partial charge in [-0.25, -0.2) is 0 Å².